The molecule has 1 atom stereocenters. The normalized spacial score (nSPS) is 12.0. The first-order valence-electron chi connectivity index (χ1n) is 6.27. The Balaban J connectivity index is 2.55. The van der Waals surface area contributed by atoms with Crippen molar-refractivity contribution in [1.82, 2.24) is 5.32 Å². The van der Waals surface area contributed by atoms with Crippen molar-refractivity contribution in [2.24, 2.45) is 0 Å². The van der Waals surface area contributed by atoms with Crippen molar-refractivity contribution in [1.29, 1.82) is 0 Å². The third-order valence-corrected chi connectivity index (χ3v) is 3.40. The molecule has 0 fully saturated rings. The predicted octanol–water partition coefficient (Wildman–Crippen LogP) is 3.58. The van der Waals surface area contributed by atoms with Gasteiger partial charge in [0.05, 0.1) is 13.2 Å². The van der Waals surface area contributed by atoms with Gasteiger partial charge in [-0.1, -0.05) is 22.0 Å². The number of ether oxygens (including phenoxy) is 1. The number of rotatable bonds is 7. The van der Waals surface area contributed by atoms with Gasteiger partial charge < -0.3 is 10.1 Å². The summed E-state index contributed by atoms with van der Waals surface area (Å²) in [7, 11) is 1.42. The van der Waals surface area contributed by atoms with Crippen LogP contribution in [0.2, 0.25) is 0 Å². The van der Waals surface area contributed by atoms with Crippen molar-refractivity contribution in [3.63, 3.8) is 0 Å². The summed E-state index contributed by atoms with van der Waals surface area (Å²) in [5.41, 5.74) is 0.729. The summed E-state index contributed by atoms with van der Waals surface area (Å²) < 4.78 is 18.4. The summed E-state index contributed by atoms with van der Waals surface area (Å²) in [6.07, 6.45) is 2.31. The van der Waals surface area contributed by atoms with E-state index in [2.05, 4.69) is 21.2 Å². The molecule has 5 heteroatoms. The lowest BCUT2D eigenvalue weighted by Crippen LogP contribution is -2.26. The lowest BCUT2D eigenvalue weighted by molar-refractivity contribution is -0.121. The monoisotopic (exact) mass is 331 g/mol. The molecule has 0 aliphatic heterocycles. The largest absolute Gasteiger partial charge is 0.494 e. The number of amides is 1. The highest BCUT2D eigenvalue weighted by atomic mass is 79.9. The van der Waals surface area contributed by atoms with E-state index >= 15 is 0 Å². The van der Waals surface area contributed by atoms with E-state index in [1.165, 1.54) is 13.2 Å². The van der Waals surface area contributed by atoms with Crippen LogP contribution in [-0.2, 0) is 4.79 Å². The fraction of sp³-hybridized carbons (Fsp3) is 0.500. The minimum absolute atomic E-state index is 0.00956. The Labute approximate surface area is 121 Å². The van der Waals surface area contributed by atoms with E-state index in [1.54, 1.807) is 12.1 Å². The highest BCUT2D eigenvalue weighted by Crippen LogP contribution is 2.21. The Bertz CT molecular complexity index is 426. The summed E-state index contributed by atoms with van der Waals surface area (Å²) in [6, 6.07) is 4.50. The average Bonchev–Trinajstić information content (AvgIpc) is 2.38. The zero-order chi connectivity index (χ0) is 14.3. The van der Waals surface area contributed by atoms with E-state index in [0.29, 0.717) is 6.42 Å². The zero-order valence-electron chi connectivity index (χ0n) is 11.2. The molecule has 1 unspecified atom stereocenters. The SMILES string of the molecule is COc1ccc(C(C)NC(=O)CCCCBr)cc1F. The molecule has 106 valence electrons. The van der Waals surface area contributed by atoms with Gasteiger partial charge in [0.15, 0.2) is 11.6 Å². The van der Waals surface area contributed by atoms with E-state index in [0.717, 1.165) is 23.7 Å². The van der Waals surface area contributed by atoms with Crippen molar-refractivity contribution in [2.75, 3.05) is 12.4 Å². The minimum atomic E-state index is -0.416. The number of unbranched alkanes of at least 4 members (excludes halogenated alkanes) is 1. The van der Waals surface area contributed by atoms with Crippen LogP contribution in [0.15, 0.2) is 18.2 Å². The van der Waals surface area contributed by atoms with Gasteiger partial charge in [-0.15, -0.1) is 0 Å². The van der Waals surface area contributed by atoms with Crippen molar-refractivity contribution < 1.29 is 13.9 Å². The number of alkyl halides is 1. The van der Waals surface area contributed by atoms with E-state index in [9.17, 15) is 9.18 Å². The van der Waals surface area contributed by atoms with Gasteiger partial charge in [-0.25, -0.2) is 4.39 Å². The molecule has 1 aromatic carbocycles. The second-order valence-corrected chi connectivity index (χ2v) is 5.12. The molecule has 3 nitrogen and oxygen atoms in total. The van der Waals surface area contributed by atoms with Crippen LogP contribution in [0.4, 0.5) is 4.39 Å². The molecule has 0 heterocycles. The highest BCUT2D eigenvalue weighted by Gasteiger charge is 2.11. The highest BCUT2D eigenvalue weighted by molar-refractivity contribution is 9.09. The minimum Gasteiger partial charge on any atom is -0.494 e. The number of nitrogens with one attached hydrogen (secondary N) is 1. The molecular weight excluding hydrogens is 313 g/mol. The Morgan fingerprint density at radius 1 is 1.47 bits per heavy atom. The van der Waals surface area contributed by atoms with E-state index < -0.39 is 5.82 Å². The lowest BCUT2D eigenvalue weighted by atomic mass is 10.1. The summed E-state index contributed by atoms with van der Waals surface area (Å²) >= 11 is 3.32. The van der Waals surface area contributed by atoms with Gasteiger partial charge in [0, 0.05) is 11.8 Å². The standard InChI is InChI=1S/C14H19BrFNO2/c1-10(17-14(18)5-3-4-8-15)11-6-7-13(19-2)12(16)9-11/h6-7,9-10H,3-5,8H2,1-2H3,(H,17,18). The Hall–Kier alpha value is -1.10. The van der Waals surface area contributed by atoms with Gasteiger partial charge >= 0.3 is 0 Å². The van der Waals surface area contributed by atoms with E-state index in [4.69, 9.17) is 4.74 Å². The van der Waals surface area contributed by atoms with Crippen LogP contribution < -0.4 is 10.1 Å². The number of carbonyl (C=O) groups excluding carboxylic acids is 1. The van der Waals surface area contributed by atoms with Crippen molar-refractivity contribution >= 4 is 21.8 Å². The molecule has 1 N–H and O–H groups in total. The molecule has 0 bridgehead atoms. The van der Waals surface area contributed by atoms with Crippen molar-refractivity contribution in [3.05, 3.63) is 29.6 Å². The number of methoxy groups -OCH3 is 1. The van der Waals surface area contributed by atoms with Crippen LogP contribution in [0.3, 0.4) is 0 Å². The maximum Gasteiger partial charge on any atom is 0.220 e. The number of hydrogen-bond acceptors (Lipinski definition) is 2. The van der Waals surface area contributed by atoms with Gasteiger partial charge in [0.25, 0.3) is 0 Å². The topological polar surface area (TPSA) is 38.3 Å². The molecule has 0 aromatic heterocycles. The van der Waals surface area contributed by atoms with Gasteiger partial charge in [0.1, 0.15) is 0 Å². The molecule has 1 rings (SSSR count). The molecular formula is C14H19BrFNO2. The molecule has 19 heavy (non-hydrogen) atoms. The number of carbonyl (C=O) groups is 1. The fourth-order valence-electron chi connectivity index (χ4n) is 1.73. The third-order valence-electron chi connectivity index (χ3n) is 2.84. The Morgan fingerprint density at radius 2 is 2.21 bits per heavy atom. The summed E-state index contributed by atoms with van der Waals surface area (Å²) in [6.45, 7) is 1.84. The first kappa shape index (κ1) is 16.0. The second-order valence-electron chi connectivity index (χ2n) is 4.33. The Morgan fingerprint density at radius 3 is 2.79 bits per heavy atom. The van der Waals surface area contributed by atoms with E-state index in [1.807, 2.05) is 6.92 Å². The number of benzene rings is 1. The van der Waals surface area contributed by atoms with Gasteiger partial charge in [0.2, 0.25) is 5.91 Å². The van der Waals surface area contributed by atoms with Crippen LogP contribution >= 0.6 is 15.9 Å². The molecule has 1 amide bonds. The molecule has 0 spiro atoms. The van der Waals surface area contributed by atoms with Crippen molar-refractivity contribution in [3.8, 4) is 5.75 Å². The predicted molar refractivity (Wildman–Crippen MR) is 77.2 cm³/mol. The number of hydrogen-bond donors (Lipinski definition) is 1. The van der Waals surface area contributed by atoms with Gasteiger partial charge in [-0.05, 0) is 37.5 Å². The summed E-state index contributed by atoms with van der Waals surface area (Å²) in [4.78, 5) is 11.7. The Kier molecular flexibility index (Phi) is 6.84. The van der Waals surface area contributed by atoms with Crippen LogP contribution in [0.1, 0.15) is 37.8 Å². The maximum atomic E-state index is 13.6. The molecule has 0 saturated carbocycles. The number of halogens is 2. The molecule has 1 aromatic rings. The molecule has 0 aliphatic carbocycles. The summed E-state index contributed by atoms with van der Waals surface area (Å²) in [5, 5.41) is 3.76. The molecule has 0 saturated heterocycles. The molecule has 0 radical (unpaired) electrons. The first-order valence-corrected chi connectivity index (χ1v) is 7.39. The van der Waals surface area contributed by atoms with Gasteiger partial charge in [-0.2, -0.15) is 0 Å². The third kappa shape index (κ3) is 5.19. The quantitative estimate of drug-likeness (QED) is 0.612. The van der Waals surface area contributed by atoms with Crippen LogP contribution in [0.5, 0.6) is 5.75 Å². The van der Waals surface area contributed by atoms with E-state index in [-0.39, 0.29) is 17.7 Å². The maximum absolute atomic E-state index is 13.6. The van der Waals surface area contributed by atoms with Crippen LogP contribution in [0.25, 0.3) is 0 Å². The first-order chi connectivity index (χ1) is 9.08. The zero-order valence-corrected chi connectivity index (χ0v) is 12.8. The average molecular weight is 332 g/mol. The smallest absolute Gasteiger partial charge is 0.220 e. The van der Waals surface area contributed by atoms with Crippen molar-refractivity contribution in [2.45, 2.75) is 32.2 Å². The van der Waals surface area contributed by atoms with Crippen LogP contribution in [0, 0.1) is 5.82 Å². The van der Waals surface area contributed by atoms with Crippen LogP contribution in [-0.4, -0.2) is 18.3 Å². The molecule has 0 aliphatic rings. The lowest BCUT2D eigenvalue weighted by Gasteiger charge is -2.15. The van der Waals surface area contributed by atoms with Gasteiger partial charge in [-0.3, -0.25) is 4.79 Å². The summed E-state index contributed by atoms with van der Waals surface area (Å²) in [5.74, 6) is -0.218. The second kappa shape index (κ2) is 8.15. The fourth-order valence-corrected chi connectivity index (χ4v) is 2.13.